The highest BCUT2D eigenvalue weighted by Gasteiger charge is 2.63. The van der Waals surface area contributed by atoms with Crippen LogP contribution in [0, 0.1) is 48.8 Å². The number of ether oxygens (including phenoxy) is 2. The first-order chi connectivity index (χ1) is 28.0. The third-order valence-corrected chi connectivity index (χ3v) is 13.3. The molecule has 0 radical (unpaired) electrons. The summed E-state index contributed by atoms with van der Waals surface area (Å²) < 4.78 is 28.0. The first-order valence-corrected chi connectivity index (χ1v) is 20.9. The maximum atomic E-state index is 15.1. The van der Waals surface area contributed by atoms with Crippen LogP contribution >= 0.6 is 0 Å². The summed E-state index contributed by atoms with van der Waals surface area (Å²) in [4.78, 5) is 56.9. The van der Waals surface area contributed by atoms with Crippen molar-refractivity contribution in [3.8, 4) is 18.1 Å². The van der Waals surface area contributed by atoms with Crippen LogP contribution in [0.3, 0.4) is 0 Å². The Morgan fingerprint density at radius 2 is 1.58 bits per heavy atom. The Morgan fingerprint density at radius 3 is 2.20 bits per heavy atom. The Bertz CT molecular complexity index is 2110. The molecule has 0 bridgehead atoms. The highest BCUT2D eigenvalue weighted by molar-refractivity contribution is 6.06. The third kappa shape index (κ3) is 8.80. The van der Waals surface area contributed by atoms with Crippen LogP contribution in [0.25, 0.3) is 0 Å². The summed E-state index contributed by atoms with van der Waals surface area (Å²) in [5.41, 5.74) is 4.93. The van der Waals surface area contributed by atoms with E-state index < -0.39 is 17.8 Å². The van der Waals surface area contributed by atoms with Gasteiger partial charge >= 0.3 is 0 Å². The number of nitrogens with zero attached hydrogens (tertiary/aromatic N) is 3. The van der Waals surface area contributed by atoms with Crippen molar-refractivity contribution in [2.45, 2.75) is 85.5 Å². The van der Waals surface area contributed by atoms with Gasteiger partial charge in [-0.3, -0.25) is 24.1 Å². The summed E-state index contributed by atoms with van der Waals surface area (Å²) in [5, 5.41) is 2.60. The molecule has 2 aliphatic carbocycles. The number of ketones is 3. The molecule has 0 unspecified atom stereocenters. The average molecular weight is 805 g/mol. The van der Waals surface area contributed by atoms with Gasteiger partial charge in [0.25, 0.3) is 5.91 Å². The fourth-order valence-electron chi connectivity index (χ4n) is 10.2. The number of nitrogens with one attached hydrogen (secondary N) is 1. The minimum atomic E-state index is -0.761. The standard InChI is InChI=1S/C48H57FN4O6/c1-8-38-30(2)23-36(24-31(38)3)59-46-47(4,5)44(48(46,6)7)27-42(55)32-9-11-33(12-10-32)53-21-22-58-37(29-53)28-51-17-19-52(20-18-51)34-13-15-39(40(49)25-34)45(57)50-41-16-14-35(54)26-43(41)56/h1,9-13,15,23-25,37,41,44,46H,14,16-22,26-29H2,2-7H3,(H,50,57)/t37-,41+,44?,46?/m1/s1. The summed E-state index contributed by atoms with van der Waals surface area (Å²) >= 11 is 0. The molecule has 2 heterocycles. The zero-order chi connectivity index (χ0) is 42.2. The van der Waals surface area contributed by atoms with E-state index in [-0.39, 0.29) is 71.1 Å². The van der Waals surface area contributed by atoms with E-state index in [9.17, 15) is 19.2 Å². The van der Waals surface area contributed by atoms with Crippen molar-refractivity contribution >= 4 is 34.6 Å². The SMILES string of the molecule is C#Cc1c(C)cc(OC2C(C)(C)C(CC(=O)c3ccc(N4CCO[C@H](CN5CCN(c6ccc(C(=O)N[C@H]7CCC(=O)CC7=O)c(F)c6)CC5)C4)cc3)C2(C)C)cc1C. The van der Waals surface area contributed by atoms with Gasteiger partial charge in [0.1, 0.15) is 23.5 Å². The quantitative estimate of drug-likeness (QED) is 0.131. The minimum Gasteiger partial charge on any atom is -0.489 e. The number of piperazine rings is 1. The molecule has 59 heavy (non-hydrogen) atoms. The number of amides is 1. The van der Waals surface area contributed by atoms with Crippen molar-refractivity contribution < 1.29 is 33.0 Å². The lowest BCUT2D eigenvalue weighted by Crippen LogP contribution is -2.66. The van der Waals surface area contributed by atoms with Crippen molar-refractivity contribution in [1.82, 2.24) is 10.2 Å². The highest BCUT2D eigenvalue weighted by atomic mass is 19.1. The summed E-state index contributed by atoms with van der Waals surface area (Å²) in [6.07, 6.45) is 6.41. The zero-order valence-electron chi connectivity index (χ0n) is 35.2. The molecule has 0 aromatic heterocycles. The van der Waals surface area contributed by atoms with Crippen molar-refractivity contribution in [2.75, 3.05) is 62.2 Å². The van der Waals surface area contributed by atoms with Crippen LogP contribution in [0.5, 0.6) is 5.75 Å². The fourth-order valence-corrected chi connectivity index (χ4v) is 10.2. The van der Waals surface area contributed by atoms with E-state index in [1.807, 2.05) is 50.2 Å². The van der Waals surface area contributed by atoms with Gasteiger partial charge in [0.05, 0.1) is 30.7 Å². The molecule has 4 fully saturated rings. The number of hydrogen-bond acceptors (Lipinski definition) is 9. The number of aryl methyl sites for hydroxylation is 2. The van der Waals surface area contributed by atoms with E-state index in [2.05, 4.69) is 53.6 Å². The molecule has 1 N–H and O–H groups in total. The molecule has 0 spiro atoms. The Labute approximate surface area is 347 Å². The maximum absolute atomic E-state index is 15.1. The number of carbonyl (C=O) groups is 4. The molecule has 2 saturated carbocycles. The number of morpholine rings is 1. The van der Waals surface area contributed by atoms with E-state index >= 15 is 4.39 Å². The molecular weight excluding hydrogens is 748 g/mol. The van der Waals surface area contributed by atoms with Crippen LogP contribution in [0.15, 0.2) is 54.6 Å². The summed E-state index contributed by atoms with van der Waals surface area (Å²) in [7, 11) is 0. The first-order valence-electron chi connectivity index (χ1n) is 20.9. The van der Waals surface area contributed by atoms with Crippen LogP contribution in [-0.4, -0.2) is 98.8 Å². The van der Waals surface area contributed by atoms with Crippen molar-refractivity contribution in [1.29, 1.82) is 0 Å². The van der Waals surface area contributed by atoms with Gasteiger partial charge < -0.3 is 24.6 Å². The monoisotopic (exact) mass is 804 g/mol. The largest absolute Gasteiger partial charge is 0.489 e. The van der Waals surface area contributed by atoms with Crippen LogP contribution in [0.4, 0.5) is 15.8 Å². The molecule has 10 nitrogen and oxygen atoms in total. The number of benzene rings is 3. The lowest BCUT2D eigenvalue weighted by atomic mass is 9.44. The molecule has 3 aromatic rings. The lowest BCUT2D eigenvalue weighted by Gasteiger charge is -2.63. The summed E-state index contributed by atoms with van der Waals surface area (Å²) in [6, 6.07) is 15.9. The Kier molecular flexibility index (Phi) is 12.1. The average Bonchev–Trinajstić information content (AvgIpc) is 3.20. The molecule has 4 aliphatic rings. The maximum Gasteiger partial charge on any atom is 0.254 e. The number of Topliss-reactive ketones (excluding diaryl/α,β-unsaturated/α-hetero) is 3. The smallest absolute Gasteiger partial charge is 0.254 e. The van der Waals surface area contributed by atoms with Gasteiger partial charge in [0.2, 0.25) is 0 Å². The number of rotatable bonds is 11. The molecule has 312 valence electrons. The molecule has 3 aromatic carbocycles. The van der Waals surface area contributed by atoms with Crippen molar-refractivity contribution in [3.63, 3.8) is 0 Å². The summed E-state index contributed by atoms with van der Waals surface area (Å²) in [6.45, 7) is 18.7. The van der Waals surface area contributed by atoms with Gasteiger partial charge in [-0.1, -0.05) is 33.6 Å². The molecule has 2 saturated heterocycles. The second kappa shape index (κ2) is 16.9. The molecule has 11 heteroatoms. The second-order valence-corrected chi connectivity index (χ2v) is 18.1. The fraction of sp³-hybridized carbons (Fsp3) is 0.500. The van der Waals surface area contributed by atoms with Gasteiger partial charge in [-0.25, -0.2) is 4.39 Å². The summed E-state index contributed by atoms with van der Waals surface area (Å²) in [5.74, 6) is 2.13. The molecule has 1 amide bonds. The third-order valence-electron chi connectivity index (χ3n) is 13.3. The van der Waals surface area contributed by atoms with Crippen LogP contribution in [0.2, 0.25) is 0 Å². The predicted octanol–water partition coefficient (Wildman–Crippen LogP) is 6.57. The number of halogens is 1. The Hall–Kier alpha value is -5.05. The van der Waals surface area contributed by atoms with E-state index in [4.69, 9.17) is 15.9 Å². The van der Waals surface area contributed by atoms with Crippen LogP contribution < -0.4 is 19.9 Å². The Balaban J connectivity index is 0.879. The van der Waals surface area contributed by atoms with Gasteiger partial charge in [-0.15, -0.1) is 6.42 Å². The number of anilines is 2. The van der Waals surface area contributed by atoms with E-state index in [0.29, 0.717) is 31.8 Å². The minimum absolute atomic E-state index is 0.0161. The normalized spacial score (nSPS) is 24.2. The molecular formula is C48H57FN4O6. The van der Waals surface area contributed by atoms with Gasteiger partial charge in [-0.2, -0.15) is 0 Å². The molecule has 7 rings (SSSR count). The van der Waals surface area contributed by atoms with Crippen molar-refractivity contribution in [2.24, 2.45) is 16.7 Å². The van der Waals surface area contributed by atoms with E-state index in [1.54, 1.807) is 6.07 Å². The highest BCUT2D eigenvalue weighted by Crippen LogP contribution is 2.61. The van der Waals surface area contributed by atoms with Crippen LogP contribution in [-0.2, 0) is 14.3 Å². The molecule has 2 atom stereocenters. The zero-order valence-corrected chi connectivity index (χ0v) is 35.2. The van der Waals surface area contributed by atoms with Gasteiger partial charge in [0, 0.05) is 92.0 Å². The van der Waals surface area contributed by atoms with Gasteiger partial charge in [0.15, 0.2) is 11.6 Å². The predicted molar refractivity (Wildman–Crippen MR) is 227 cm³/mol. The molecule has 2 aliphatic heterocycles. The van der Waals surface area contributed by atoms with Crippen LogP contribution in [0.1, 0.15) is 90.8 Å². The second-order valence-electron chi connectivity index (χ2n) is 18.1. The number of terminal acetylenes is 1. The number of carbonyl (C=O) groups excluding carboxylic acids is 4. The Morgan fingerprint density at radius 1 is 0.915 bits per heavy atom. The van der Waals surface area contributed by atoms with E-state index in [0.717, 1.165) is 66.4 Å². The van der Waals surface area contributed by atoms with Gasteiger partial charge in [-0.05, 0) is 91.9 Å². The first kappa shape index (κ1) is 42.1. The topological polar surface area (TPSA) is 108 Å². The van der Waals surface area contributed by atoms with Crippen molar-refractivity contribution in [3.05, 3.63) is 88.2 Å². The van der Waals surface area contributed by atoms with E-state index in [1.165, 1.54) is 12.1 Å². The lowest BCUT2D eigenvalue weighted by molar-refractivity contribution is -0.196. The number of hydrogen-bond donors (Lipinski definition) is 1.